The molecule has 0 saturated carbocycles. The molecule has 0 saturated heterocycles. The van der Waals surface area contributed by atoms with E-state index in [0.29, 0.717) is 16.0 Å². The highest BCUT2D eigenvalue weighted by atomic mass is 32.1. The average Bonchev–Trinajstić information content (AvgIpc) is 3.08. The lowest BCUT2D eigenvalue weighted by Crippen LogP contribution is -2.51. The minimum Gasteiger partial charge on any atom is -0.463 e. The average molecular weight is 406 g/mol. The monoisotopic (exact) mass is 406 g/mol. The summed E-state index contributed by atoms with van der Waals surface area (Å²) in [5, 5.41) is 5.89. The van der Waals surface area contributed by atoms with Gasteiger partial charge in [-0.25, -0.2) is 18.8 Å². The van der Waals surface area contributed by atoms with Crippen molar-refractivity contribution in [2.24, 2.45) is 0 Å². The van der Waals surface area contributed by atoms with Gasteiger partial charge in [0.05, 0.1) is 23.9 Å². The smallest absolute Gasteiger partial charge is 0.348 e. The van der Waals surface area contributed by atoms with Crippen molar-refractivity contribution in [1.29, 1.82) is 0 Å². The van der Waals surface area contributed by atoms with E-state index < -0.39 is 24.0 Å². The summed E-state index contributed by atoms with van der Waals surface area (Å²) in [5.41, 5.74) is 0.421. The van der Waals surface area contributed by atoms with Crippen LogP contribution < -0.4 is 10.6 Å². The van der Waals surface area contributed by atoms with Gasteiger partial charge in [0.25, 0.3) is 0 Å². The first kappa shape index (κ1) is 19.8. The molecule has 1 aliphatic heterocycles. The van der Waals surface area contributed by atoms with E-state index in [1.165, 1.54) is 12.1 Å². The van der Waals surface area contributed by atoms with Gasteiger partial charge in [0, 0.05) is 4.70 Å². The van der Waals surface area contributed by atoms with Crippen molar-refractivity contribution in [1.82, 2.24) is 10.6 Å². The van der Waals surface area contributed by atoms with Crippen molar-refractivity contribution >= 4 is 39.4 Å². The van der Waals surface area contributed by atoms with Gasteiger partial charge in [0.15, 0.2) is 0 Å². The van der Waals surface area contributed by atoms with Crippen LogP contribution in [0.2, 0.25) is 0 Å². The molecule has 0 unspecified atom stereocenters. The number of rotatable bonds is 6. The molecule has 2 aromatic rings. The lowest BCUT2D eigenvalue weighted by atomic mass is 10.0. The fraction of sp³-hybridized carbons (Fsp3) is 0.316. The summed E-state index contributed by atoms with van der Waals surface area (Å²) >= 11 is 1.11. The van der Waals surface area contributed by atoms with Gasteiger partial charge in [-0.3, -0.25) is 0 Å². The van der Waals surface area contributed by atoms with Gasteiger partial charge < -0.3 is 20.1 Å². The number of urea groups is 1. The fourth-order valence-corrected chi connectivity index (χ4v) is 3.87. The zero-order chi connectivity index (χ0) is 20.3. The van der Waals surface area contributed by atoms with Crippen LogP contribution >= 0.6 is 11.3 Å². The molecule has 0 fully saturated rings. The Morgan fingerprint density at radius 2 is 1.96 bits per heavy atom. The molecule has 0 aliphatic carbocycles. The van der Waals surface area contributed by atoms with E-state index in [2.05, 4.69) is 10.6 Å². The van der Waals surface area contributed by atoms with E-state index in [4.69, 9.17) is 9.47 Å². The number of ether oxygens (including phenoxy) is 2. The number of carbonyl (C=O) groups excluding carboxylic acids is 3. The third kappa shape index (κ3) is 4.14. The fourth-order valence-electron chi connectivity index (χ4n) is 2.89. The largest absolute Gasteiger partial charge is 0.463 e. The third-order valence-corrected chi connectivity index (χ3v) is 5.26. The maximum Gasteiger partial charge on any atom is 0.348 e. The maximum absolute atomic E-state index is 13.3. The molecule has 1 aliphatic rings. The topological polar surface area (TPSA) is 93.7 Å². The van der Waals surface area contributed by atoms with Gasteiger partial charge in [-0.1, -0.05) is 13.0 Å². The summed E-state index contributed by atoms with van der Waals surface area (Å²) in [6, 6.07) is 4.83. The van der Waals surface area contributed by atoms with Crippen LogP contribution in [0.25, 0.3) is 10.1 Å². The van der Waals surface area contributed by atoms with Crippen LogP contribution in [0.1, 0.15) is 29.9 Å². The Balaban J connectivity index is 1.81. The Morgan fingerprint density at radius 3 is 2.68 bits per heavy atom. The highest BCUT2D eigenvalue weighted by Crippen LogP contribution is 2.27. The molecule has 0 bridgehead atoms. The summed E-state index contributed by atoms with van der Waals surface area (Å²) < 4.78 is 24.3. The number of hydrogen-bond donors (Lipinski definition) is 2. The van der Waals surface area contributed by atoms with E-state index in [1.54, 1.807) is 19.1 Å². The molecule has 28 heavy (non-hydrogen) atoms. The van der Waals surface area contributed by atoms with E-state index in [0.717, 1.165) is 16.7 Å². The Hall–Kier alpha value is -2.94. The lowest BCUT2D eigenvalue weighted by molar-refractivity contribution is -0.139. The number of fused-ring (bicyclic) bond motifs is 1. The first-order valence-electron chi connectivity index (χ1n) is 8.76. The van der Waals surface area contributed by atoms with Crippen LogP contribution in [-0.2, 0) is 14.3 Å². The van der Waals surface area contributed by atoms with Crippen molar-refractivity contribution in [3.63, 3.8) is 0 Å². The second kappa shape index (κ2) is 8.39. The Kier molecular flexibility index (Phi) is 5.93. The van der Waals surface area contributed by atoms with Crippen LogP contribution in [0.4, 0.5) is 9.18 Å². The number of carbonyl (C=O) groups is 3. The molecule has 3 rings (SSSR count). The molecule has 0 spiro atoms. The molecule has 1 aromatic heterocycles. The zero-order valence-electron chi connectivity index (χ0n) is 15.3. The molecular formula is C19H19FN2O5S. The van der Waals surface area contributed by atoms with Crippen LogP contribution in [0, 0.1) is 5.82 Å². The van der Waals surface area contributed by atoms with Gasteiger partial charge in [0.1, 0.15) is 17.3 Å². The second-order valence-corrected chi connectivity index (χ2v) is 7.12. The molecule has 1 atom stereocenters. The van der Waals surface area contributed by atoms with Crippen molar-refractivity contribution in [3.05, 3.63) is 46.2 Å². The summed E-state index contributed by atoms with van der Waals surface area (Å²) in [6.45, 7) is 3.38. The number of esters is 2. The van der Waals surface area contributed by atoms with Gasteiger partial charge in [-0.2, -0.15) is 0 Å². The van der Waals surface area contributed by atoms with Gasteiger partial charge in [0.2, 0.25) is 0 Å². The highest BCUT2D eigenvalue weighted by molar-refractivity contribution is 7.20. The summed E-state index contributed by atoms with van der Waals surface area (Å²) in [6.07, 6.45) is 0.473. The SMILES string of the molecule is CCOC(=O)C1=C(COC(=O)c2cc3ccc(F)cc3s2)NC(=O)N[C@@H]1CC. The number of hydrogen-bond acceptors (Lipinski definition) is 6. The van der Waals surface area contributed by atoms with Gasteiger partial charge in [-0.05, 0) is 36.9 Å². The normalized spacial score (nSPS) is 16.5. The molecule has 2 N–H and O–H groups in total. The van der Waals surface area contributed by atoms with E-state index in [-0.39, 0.29) is 30.3 Å². The minimum atomic E-state index is -0.627. The number of thiophene rings is 1. The Morgan fingerprint density at radius 1 is 1.18 bits per heavy atom. The summed E-state index contributed by atoms with van der Waals surface area (Å²) in [5.74, 6) is -1.59. The molecule has 2 amide bonds. The second-order valence-electron chi connectivity index (χ2n) is 6.04. The van der Waals surface area contributed by atoms with Crippen LogP contribution in [0.15, 0.2) is 35.5 Å². The van der Waals surface area contributed by atoms with E-state index >= 15 is 0 Å². The number of amides is 2. The molecule has 9 heteroatoms. The molecular weight excluding hydrogens is 387 g/mol. The van der Waals surface area contributed by atoms with Gasteiger partial charge >= 0.3 is 18.0 Å². The van der Waals surface area contributed by atoms with E-state index in [1.807, 2.05) is 6.92 Å². The lowest BCUT2D eigenvalue weighted by Gasteiger charge is -2.28. The van der Waals surface area contributed by atoms with Crippen LogP contribution in [-0.4, -0.2) is 37.2 Å². The van der Waals surface area contributed by atoms with E-state index in [9.17, 15) is 18.8 Å². The highest BCUT2D eigenvalue weighted by Gasteiger charge is 2.32. The number of nitrogens with one attached hydrogen (secondary N) is 2. The van der Waals surface area contributed by atoms with Crippen LogP contribution in [0.5, 0.6) is 0 Å². The molecule has 148 valence electrons. The summed E-state index contributed by atoms with van der Waals surface area (Å²) in [4.78, 5) is 36.9. The van der Waals surface area contributed by atoms with Crippen molar-refractivity contribution in [2.45, 2.75) is 26.3 Å². The van der Waals surface area contributed by atoms with Crippen molar-refractivity contribution < 1.29 is 28.2 Å². The predicted octanol–water partition coefficient (Wildman–Crippen LogP) is 3.11. The number of benzene rings is 1. The minimum absolute atomic E-state index is 0.179. The maximum atomic E-state index is 13.3. The standard InChI is InChI=1S/C19H19FN2O5S/c1-3-12-16(18(24)26-4-2)13(22-19(25)21-12)9-27-17(23)15-7-10-5-6-11(20)8-14(10)28-15/h5-8,12H,3-4,9H2,1-2H3,(H2,21,22,25)/t12-/m1/s1. The van der Waals surface area contributed by atoms with Crippen molar-refractivity contribution in [3.8, 4) is 0 Å². The predicted molar refractivity (Wildman–Crippen MR) is 101 cm³/mol. The Labute approximate surface area is 164 Å². The van der Waals surface area contributed by atoms with Crippen LogP contribution in [0.3, 0.4) is 0 Å². The first-order chi connectivity index (χ1) is 13.4. The molecule has 0 radical (unpaired) electrons. The molecule has 1 aromatic carbocycles. The Bertz CT molecular complexity index is 968. The molecule has 2 heterocycles. The zero-order valence-corrected chi connectivity index (χ0v) is 16.2. The summed E-state index contributed by atoms with van der Waals surface area (Å²) in [7, 11) is 0. The third-order valence-electron chi connectivity index (χ3n) is 4.18. The molecule has 7 nitrogen and oxygen atoms in total. The first-order valence-corrected chi connectivity index (χ1v) is 9.58. The van der Waals surface area contributed by atoms with Gasteiger partial charge in [-0.15, -0.1) is 11.3 Å². The van der Waals surface area contributed by atoms with Crippen molar-refractivity contribution in [2.75, 3.05) is 13.2 Å². The quantitative estimate of drug-likeness (QED) is 0.719. The number of halogens is 1.